The van der Waals surface area contributed by atoms with Crippen molar-refractivity contribution in [3.63, 3.8) is 0 Å². The summed E-state index contributed by atoms with van der Waals surface area (Å²) in [7, 11) is 0. The van der Waals surface area contributed by atoms with Crippen molar-refractivity contribution in [3.05, 3.63) is 40.7 Å². The summed E-state index contributed by atoms with van der Waals surface area (Å²) in [6.07, 6.45) is 6.41. The predicted molar refractivity (Wildman–Crippen MR) is 67.0 cm³/mol. The lowest BCUT2D eigenvalue weighted by Gasteiger charge is -2.08. The van der Waals surface area contributed by atoms with E-state index in [0.717, 1.165) is 36.1 Å². The molecule has 2 aromatic rings. The number of hydrogen-bond acceptors (Lipinski definition) is 4. The van der Waals surface area contributed by atoms with E-state index in [1.54, 1.807) is 12.4 Å². The molecule has 5 heteroatoms. The Morgan fingerprint density at radius 2 is 2.00 bits per heavy atom. The van der Waals surface area contributed by atoms with Crippen molar-refractivity contribution in [2.45, 2.75) is 19.3 Å². The second-order valence-electron chi connectivity index (χ2n) is 4.18. The van der Waals surface area contributed by atoms with Crippen LogP contribution in [0.25, 0.3) is 11.1 Å². The average molecular weight is 257 g/mol. The molecule has 2 heterocycles. The minimum absolute atomic E-state index is 0.176. The van der Waals surface area contributed by atoms with Gasteiger partial charge in [-0.25, -0.2) is 15.0 Å². The van der Waals surface area contributed by atoms with Gasteiger partial charge in [0.15, 0.2) is 0 Å². The van der Waals surface area contributed by atoms with E-state index < -0.39 is 0 Å². The van der Waals surface area contributed by atoms with Gasteiger partial charge in [0.25, 0.3) is 0 Å². The smallest absolute Gasteiger partial charge is 0.232 e. The van der Waals surface area contributed by atoms with Crippen LogP contribution in [0.5, 0.6) is 0 Å². The molecule has 1 aliphatic carbocycles. The molecule has 2 aromatic heterocycles. The third-order valence-corrected chi connectivity index (χ3v) is 3.28. The number of nitrogens with zero attached hydrogens (tertiary/aromatic N) is 4. The minimum atomic E-state index is 0.176. The Labute approximate surface area is 109 Å². The van der Waals surface area contributed by atoms with Crippen molar-refractivity contribution in [1.29, 1.82) is 5.26 Å². The van der Waals surface area contributed by atoms with Crippen LogP contribution in [0.1, 0.15) is 23.5 Å². The topological polar surface area (TPSA) is 62.5 Å². The van der Waals surface area contributed by atoms with Crippen molar-refractivity contribution < 1.29 is 0 Å². The summed E-state index contributed by atoms with van der Waals surface area (Å²) in [5, 5.41) is 9.19. The fraction of sp³-hybridized carbons (Fsp3) is 0.231. The van der Waals surface area contributed by atoms with E-state index in [1.165, 1.54) is 5.56 Å². The Morgan fingerprint density at radius 1 is 1.22 bits per heavy atom. The van der Waals surface area contributed by atoms with E-state index in [1.807, 2.05) is 12.1 Å². The van der Waals surface area contributed by atoms with Crippen molar-refractivity contribution in [3.8, 4) is 17.2 Å². The normalized spacial score (nSPS) is 13.1. The number of fused-ring (bicyclic) bond motifs is 1. The average Bonchev–Trinajstić information content (AvgIpc) is 2.86. The lowest BCUT2D eigenvalue weighted by Crippen LogP contribution is -1.95. The molecule has 0 saturated carbocycles. The van der Waals surface area contributed by atoms with E-state index in [2.05, 4.69) is 15.0 Å². The molecule has 1 aliphatic rings. The van der Waals surface area contributed by atoms with Gasteiger partial charge in [-0.3, -0.25) is 0 Å². The van der Waals surface area contributed by atoms with Crippen LogP contribution in [0.15, 0.2) is 18.5 Å². The molecule has 0 spiro atoms. The molecule has 18 heavy (non-hydrogen) atoms. The zero-order valence-electron chi connectivity index (χ0n) is 9.52. The number of rotatable bonds is 1. The molecule has 0 fully saturated rings. The number of nitriles is 1. The van der Waals surface area contributed by atoms with Gasteiger partial charge in [0.05, 0.1) is 0 Å². The molecule has 0 N–H and O–H groups in total. The highest BCUT2D eigenvalue weighted by atomic mass is 35.5. The van der Waals surface area contributed by atoms with Crippen molar-refractivity contribution in [2.75, 3.05) is 0 Å². The largest absolute Gasteiger partial charge is 0.241 e. The second kappa shape index (κ2) is 4.35. The zero-order valence-corrected chi connectivity index (χ0v) is 10.3. The van der Waals surface area contributed by atoms with Gasteiger partial charge < -0.3 is 0 Å². The highest BCUT2D eigenvalue weighted by molar-refractivity contribution is 6.29. The maximum atomic E-state index is 8.69. The summed E-state index contributed by atoms with van der Waals surface area (Å²) in [6.45, 7) is 0. The Balaban J connectivity index is 2.14. The SMILES string of the molecule is N#Cc1ncc(-c2cc(Cl)nc3c2CCC3)cn1. The Kier molecular flexibility index (Phi) is 2.69. The number of pyridine rings is 1. The maximum absolute atomic E-state index is 8.69. The molecule has 0 atom stereocenters. The molecule has 0 bridgehead atoms. The van der Waals surface area contributed by atoms with E-state index in [9.17, 15) is 0 Å². The summed E-state index contributed by atoms with van der Waals surface area (Å²) in [4.78, 5) is 12.3. The zero-order chi connectivity index (χ0) is 12.5. The first-order valence-corrected chi connectivity index (χ1v) is 6.06. The number of hydrogen-bond donors (Lipinski definition) is 0. The first-order chi connectivity index (χ1) is 8.78. The van der Waals surface area contributed by atoms with E-state index in [4.69, 9.17) is 16.9 Å². The number of aryl methyl sites for hydroxylation is 1. The van der Waals surface area contributed by atoms with Gasteiger partial charge in [0.2, 0.25) is 5.82 Å². The number of halogens is 1. The molecular formula is C13H9ClN4. The monoisotopic (exact) mass is 256 g/mol. The van der Waals surface area contributed by atoms with Gasteiger partial charge in [0, 0.05) is 23.7 Å². The van der Waals surface area contributed by atoms with Gasteiger partial charge in [-0.05, 0) is 36.5 Å². The fourth-order valence-corrected chi connectivity index (χ4v) is 2.50. The first kappa shape index (κ1) is 11.1. The highest BCUT2D eigenvalue weighted by Crippen LogP contribution is 2.32. The van der Waals surface area contributed by atoms with Crippen LogP contribution in [0.3, 0.4) is 0 Å². The van der Waals surface area contributed by atoms with Gasteiger partial charge >= 0.3 is 0 Å². The summed E-state index contributed by atoms with van der Waals surface area (Å²) in [5.74, 6) is 0.176. The Hall–Kier alpha value is -1.99. The van der Waals surface area contributed by atoms with Crippen molar-refractivity contribution in [2.24, 2.45) is 0 Å². The van der Waals surface area contributed by atoms with E-state index in [0.29, 0.717) is 5.15 Å². The Morgan fingerprint density at radius 3 is 2.72 bits per heavy atom. The molecule has 0 radical (unpaired) electrons. The molecular weight excluding hydrogens is 248 g/mol. The minimum Gasteiger partial charge on any atom is -0.241 e. The van der Waals surface area contributed by atoms with Crippen LogP contribution in [0.2, 0.25) is 5.15 Å². The van der Waals surface area contributed by atoms with Gasteiger partial charge in [-0.15, -0.1) is 0 Å². The lowest BCUT2D eigenvalue weighted by molar-refractivity contribution is 0.899. The molecule has 4 nitrogen and oxygen atoms in total. The van der Waals surface area contributed by atoms with Crippen LogP contribution in [-0.2, 0) is 12.8 Å². The summed E-state index contributed by atoms with van der Waals surface area (Å²) in [5.41, 5.74) is 4.22. The van der Waals surface area contributed by atoms with Crippen LogP contribution in [0.4, 0.5) is 0 Å². The highest BCUT2D eigenvalue weighted by Gasteiger charge is 2.18. The quantitative estimate of drug-likeness (QED) is 0.736. The molecule has 0 aliphatic heterocycles. The van der Waals surface area contributed by atoms with Crippen LogP contribution in [0, 0.1) is 11.3 Å². The maximum Gasteiger partial charge on any atom is 0.232 e. The van der Waals surface area contributed by atoms with E-state index >= 15 is 0 Å². The molecule has 88 valence electrons. The lowest BCUT2D eigenvalue weighted by atomic mass is 10.0. The summed E-state index contributed by atoms with van der Waals surface area (Å²) in [6, 6.07) is 3.75. The molecule has 0 unspecified atom stereocenters. The Bertz CT molecular complexity index is 643. The molecule has 0 amide bonds. The molecule has 0 saturated heterocycles. The summed E-state index contributed by atoms with van der Waals surface area (Å²) >= 11 is 6.03. The summed E-state index contributed by atoms with van der Waals surface area (Å²) < 4.78 is 0. The van der Waals surface area contributed by atoms with Crippen LogP contribution >= 0.6 is 11.6 Å². The van der Waals surface area contributed by atoms with Crippen molar-refractivity contribution >= 4 is 11.6 Å². The fourth-order valence-electron chi connectivity index (χ4n) is 2.29. The predicted octanol–water partition coefficient (Wildman–Crippen LogP) is 2.55. The third kappa shape index (κ3) is 1.83. The molecule has 0 aromatic carbocycles. The third-order valence-electron chi connectivity index (χ3n) is 3.08. The molecule has 3 rings (SSSR count). The number of aromatic nitrogens is 3. The van der Waals surface area contributed by atoms with Crippen molar-refractivity contribution in [1.82, 2.24) is 15.0 Å². The van der Waals surface area contributed by atoms with Gasteiger partial charge in [-0.1, -0.05) is 11.6 Å². The van der Waals surface area contributed by atoms with Crippen LogP contribution in [-0.4, -0.2) is 15.0 Å². The van der Waals surface area contributed by atoms with Gasteiger partial charge in [0.1, 0.15) is 11.2 Å². The first-order valence-electron chi connectivity index (χ1n) is 5.69. The second-order valence-corrected chi connectivity index (χ2v) is 4.57. The standard InChI is InChI=1S/C13H9ClN4/c14-12-4-10(9-2-1-3-11(9)18-12)8-6-16-13(5-15)17-7-8/h4,6-7H,1-3H2. The van der Waals surface area contributed by atoms with Crippen LogP contribution < -0.4 is 0 Å². The van der Waals surface area contributed by atoms with Gasteiger partial charge in [-0.2, -0.15) is 5.26 Å². The van der Waals surface area contributed by atoms with E-state index in [-0.39, 0.29) is 5.82 Å².